The number of urea groups is 2. The SMILES string of the molecule is CC(=O)Nc1cc2c3c(c1)c(C1=C(c4cnc5ccccn45)C(=O)NC1=O)cn3CCN(C(=O)N1CCCCC1)C2.Nc1cc2c3c(c1)c(C1=C(c4cnc5ccccn45)C(=O)NC1=O)cn3CCN(C(=O)N1CCCCC1)C2. The minimum Gasteiger partial charge on any atom is -0.399 e. The second kappa shape index (κ2) is 19.5. The first-order valence-electron chi connectivity index (χ1n) is 26.9. The number of imide groups is 2. The van der Waals surface area contributed by atoms with Crippen molar-refractivity contribution in [1.82, 2.24) is 58.1 Å². The predicted molar refractivity (Wildman–Crippen MR) is 295 cm³/mol. The zero-order valence-corrected chi connectivity index (χ0v) is 43.5. The van der Waals surface area contributed by atoms with E-state index in [-0.39, 0.29) is 34.7 Å². The summed E-state index contributed by atoms with van der Waals surface area (Å²) in [6, 6.07) is 18.7. The lowest BCUT2D eigenvalue weighted by Crippen LogP contribution is -2.45. The zero-order chi connectivity index (χ0) is 54.2. The number of imidazole rings is 2. The van der Waals surface area contributed by atoms with Crippen LogP contribution in [0.1, 0.15) is 79.1 Å². The van der Waals surface area contributed by atoms with Crippen molar-refractivity contribution in [3.8, 4) is 0 Å². The van der Waals surface area contributed by atoms with Crippen LogP contribution in [-0.4, -0.2) is 128 Å². The summed E-state index contributed by atoms with van der Waals surface area (Å²) in [4.78, 5) is 108. The fraction of sp³-hybridized carbons (Fsp3) is 0.293. The average Bonchev–Trinajstić information content (AvgIpc) is 4.47. The Bertz CT molecular complexity index is 4010. The second-order valence-electron chi connectivity index (χ2n) is 21.0. The molecule has 6 aliphatic rings. The van der Waals surface area contributed by atoms with Crippen LogP contribution in [0.4, 0.5) is 21.0 Å². The highest BCUT2D eigenvalue weighted by molar-refractivity contribution is 6.51. The third kappa shape index (κ3) is 8.52. The van der Waals surface area contributed by atoms with E-state index in [9.17, 15) is 33.6 Å². The number of piperidine rings is 2. The number of carbonyl (C=O) groups is 7. The topological polar surface area (TPSA) is 239 Å². The van der Waals surface area contributed by atoms with Crippen molar-refractivity contribution >= 4 is 108 Å². The number of nitrogen functional groups attached to an aromatic ring is 1. The number of likely N-dealkylation sites (tertiary alicyclic amines) is 2. The molecule has 79 heavy (non-hydrogen) atoms. The van der Waals surface area contributed by atoms with Crippen LogP contribution in [0.5, 0.6) is 0 Å². The van der Waals surface area contributed by atoms with Crippen molar-refractivity contribution in [2.45, 2.75) is 71.6 Å². The molecule has 0 atom stereocenters. The van der Waals surface area contributed by atoms with Gasteiger partial charge < -0.3 is 39.8 Å². The third-order valence-corrected chi connectivity index (χ3v) is 15.9. The van der Waals surface area contributed by atoms with Gasteiger partial charge in [0.1, 0.15) is 11.3 Å². The van der Waals surface area contributed by atoms with Gasteiger partial charge in [-0.1, -0.05) is 12.1 Å². The summed E-state index contributed by atoms with van der Waals surface area (Å²) in [6.07, 6.45) is 17.1. The van der Waals surface area contributed by atoms with Gasteiger partial charge >= 0.3 is 12.1 Å². The van der Waals surface area contributed by atoms with Crippen LogP contribution in [-0.2, 0) is 50.2 Å². The highest BCUT2D eigenvalue weighted by atomic mass is 16.2. The molecule has 6 aromatic heterocycles. The van der Waals surface area contributed by atoms with E-state index in [0.717, 1.165) is 97.6 Å². The van der Waals surface area contributed by atoms with Gasteiger partial charge in [-0.2, -0.15) is 0 Å². The van der Waals surface area contributed by atoms with Gasteiger partial charge in [0, 0.05) is 130 Å². The van der Waals surface area contributed by atoms with Crippen LogP contribution < -0.4 is 21.7 Å². The maximum absolute atomic E-state index is 13.5. The Morgan fingerprint density at radius 2 is 0.987 bits per heavy atom. The first kappa shape index (κ1) is 49.1. The van der Waals surface area contributed by atoms with E-state index in [1.807, 2.05) is 98.9 Å². The van der Waals surface area contributed by atoms with Gasteiger partial charge in [0.2, 0.25) is 5.91 Å². The lowest BCUT2D eigenvalue weighted by Gasteiger charge is -2.32. The van der Waals surface area contributed by atoms with Crippen LogP contribution in [0, 0.1) is 0 Å². The van der Waals surface area contributed by atoms with Crippen LogP contribution in [0.3, 0.4) is 0 Å². The molecule has 21 nitrogen and oxygen atoms in total. The Kier molecular flexibility index (Phi) is 12.1. The molecule has 0 unspecified atom stereocenters. The number of hydrogen-bond donors (Lipinski definition) is 4. The molecule has 12 heterocycles. The van der Waals surface area contributed by atoms with Crippen molar-refractivity contribution in [1.29, 1.82) is 0 Å². The van der Waals surface area contributed by atoms with E-state index < -0.39 is 23.6 Å². The van der Waals surface area contributed by atoms with E-state index in [2.05, 4.69) is 35.1 Å². The van der Waals surface area contributed by atoms with Crippen molar-refractivity contribution in [2.75, 3.05) is 50.3 Å². The van der Waals surface area contributed by atoms with E-state index >= 15 is 0 Å². The van der Waals surface area contributed by atoms with E-state index in [1.54, 1.807) is 27.4 Å². The molecule has 8 aromatic rings. The normalized spacial score (nSPS) is 17.7. The molecule has 400 valence electrons. The van der Waals surface area contributed by atoms with Crippen LogP contribution in [0.2, 0.25) is 0 Å². The van der Waals surface area contributed by atoms with Crippen LogP contribution in [0.25, 0.3) is 55.4 Å². The van der Waals surface area contributed by atoms with Gasteiger partial charge in [0.05, 0.1) is 57.1 Å². The quantitative estimate of drug-likeness (QED) is 0.114. The first-order valence-corrected chi connectivity index (χ1v) is 26.9. The van der Waals surface area contributed by atoms with Crippen molar-refractivity contribution in [3.63, 3.8) is 0 Å². The van der Waals surface area contributed by atoms with E-state index in [4.69, 9.17) is 5.73 Å². The van der Waals surface area contributed by atoms with Crippen molar-refractivity contribution in [2.24, 2.45) is 0 Å². The molecule has 2 saturated heterocycles. The van der Waals surface area contributed by atoms with E-state index in [0.29, 0.717) is 90.0 Å². The first-order chi connectivity index (χ1) is 38.4. The molecule has 0 bridgehead atoms. The number of nitrogens with two attached hydrogens (primary N) is 1. The summed E-state index contributed by atoms with van der Waals surface area (Å²) in [5, 5.41) is 9.35. The summed E-state index contributed by atoms with van der Waals surface area (Å²) in [6.45, 7) is 7.48. The summed E-state index contributed by atoms with van der Waals surface area (Å²) in [5.41, 5.74) is 15.8. The lowest BCUT2D eigenvalue weighted by atomic mass is 9.97. The molecular weight excluding hydrogens is 1000 g/mol. The second-order valence-corrected chi connectivity index (χ2v) is 21.0. The van der Waals surface area contributed by atoms with Crippen LogP contribution in [0.15, 0.2) is 97.8 Å². The number of nitrogens with one attached hydrogen (secondary N) is 3. The smallest absolute Gasteiger partial charge is 0.320 e. The van der Waals surface area contributed by atoms with Gasteiger partial charge in [-0.25, -0.2) is 19.6 Å². The largest absolute Gasteiger partial charge is 0.399 e. The fourth-order valence-corrected chi connectivity index (χ4v) is 12.4. The number of nitrogens with zero attached hydrogens (tertiary/aromatic N) is 10. The molecule has 2 aromatic carbocycles. The molecule has 0 radical (unpaired) electrons. The highest BCUT2D eigenvalue weighted by Crippen LogP contribution is 2.42. The van der Waals surface area contributed by atoms with Crippen molar-refractivity contribution < 1.29 is 33.6 Å². The molecular formula is C58H56N14O7. The molecule has 21 heteroatoms. The number of rotatable bonds is 5. The Morgan fingerprint density at radius 1 is 0.532 bits per heavy atom. The minimum absolute atomic E-state index is 0.0205. The summed E-state index contributed by atoms with van der Waals surface area (Å²) >= 11 is 0. The highest BCUT2D eigenvalue weighted by Gasteiger charge is 2.39. The summed E-state index contributed by atoms with van der Waals surface area (Å²) in [7, 11) is 0. The van der Waals surface area contributed by atoms with Crippen LogP contribution >= 0.6 is 0 Å². The summed E-state index contributed by atoms with van der Waals surface area (Å²) < 4.78 is 7.72. The number of anilines is 2. The van der Waals surface area contributed by atoms with Gasteiger partial charge in [0.15, 0.2) is 0 Å². The standard InChI is InChI=1S/C30H29N7O4.C28H27N7O3/c1-18(38)32-20-13-19-16-36(30(41)34-8-4-2-5-9-34)12-11-35-17-22(21(14-20)27(19)35)25-26(29(40)33-28(25)39)23-15-31-24-7-3-6-10-37(23)24;29-18-12-17-15-34(28(38)32-7-3-1-4-8-32)11-10-33-16-20(19(13-18)25(17)33)23-24(27(37)31-26(23)36)21-14-30-22-6-2-5-9-35(21)22/h3,6-7,10,13-15,17H,2,4-5,8-9,11-12,16H2,1H3,(H,32,38)(H,33,39,40);2,5-6,9,12-14,16H,1,3-4,7-8,10-11,15,29H2,(H,31,36,37). The Balaban J connectivity index is 0.000000150. The molecule has 6 aliphatic heterocycles. The number of amides is 9. The Morgan fingerprint density at radius 3 is 1.47 bits per heavy atom. The summed E-state index contributed by atoms with van der Waals surface area (Å²) in [5.74, 6) is -2.10. The number of hydrogen-bond acceptors (Lipinski definition) is 10. The van der Waals surface area contributed by atoms with Gasteiger partial charge in [-0.05, 0) is 98.2 Å². The maximum atomic E-state index is 13.5. The van der Waals surface area contributed by atoms with E-state index in [1.165, 1.54) is 6.92 Å². The Hall–Kier alpha value is -9.53. The average molecular weight is 1060 g/mol. The monoisotopic (exact) mass is 1060 g/mol. The third-order valence-electron chi connectivity index (χ3n) is 15.9. The van der Waals surface area contributed by atoms with Gasteiger partial charge in [-0.3, -0.25) is 43.4 Å². The molecule has 0 saturated carbocycles. The minimum atomic E-state index is -0.486. The van der Waals surface area contributed by atoms with Crippen molar-refractivity contribution in [3.05, 3.63) is 131 Å². The maximum Gasteiger partial charge on any atom is 0.320 e. The molecule has 9 amide bonds. The predicted octanol–water partition coefficient (Wildman–Crippen LogP) is 6.10. The Labute approximate surface area is 451 Å². The molecule has 2 fully saturated rings. The number of benzene rings is 2. The molecule has 14 rings (SSSR count). The lowest BCUT2D eigenvalue weighted by molar-refractivity contribution is -0.124. The van der Waals surface area contributed by atoms with Gasteiger partial charge in [0.25, 0.3) is 23.6 Å². The number of aromatic nitrogens is 6. The number of fused-ring (bicyclic) bond motifs is 2. The fourth-order valence-electron chi connectivity index (χ4n) is 12.4. The molecule has 5 N–H and O–H groups in total. The number of pyridine rings is 2. The molecule has 0 aliphatic carbocycles. The number of carbonyl (C=O) groups excluding carboxylic acids is 7. The zero-order valence-electron chi connectivity index (χ0n) is 43.5. The molecule has 0 spiro atoms. The van der Waals surface area contributed by atoms with Gasteiger partial charge in [-0.15, -0.1) is 0 Å².